The molecule has 0 aliphatic heterocycles. The Hall–Kier alpha value is -0.910. The summed E-state index contributed by atoms with van der Waals surface area (Å²) in [6.45, 7) is 6.12. The molecule has 0 spiro atoms. The summed E-state index contributed by atoms with van der Waals surface area (Å²) in [5.74, 6) is 0. The lowest BCUT2D eigenvalue weighted by atomic mass is 10.2. The molecule has 0 fully saturated rings. The van der Waals surface area contributed by atoms with Crippen LogP contribution in [0.4, 0.5) is 0 Å². The zero-order valence-corrected chi connectivity index (χ0v) is 12.3. The van der Waals surface area contributed by atoms with Crippen molar-refractivity contribution in [2.75, 3.05) is 13.6 Å². The summed E-state index contributed by atoms with van der Waals surface area (Å²) in [4.78, 5) is 0.375. The Morgan fingerprint density at radius 3 is 2.44 bits per heavy atom. The van der Waals surface area contributed by atoms with Crippen molar-refractivity contribution in [1.82, 2.24) is 4.31 Å². The van der Waals surface area contributed by atoms with Crippen LogP contribution in [0.3, 0.4) is 0 Å². The van der Waals surface area contributed by atoms with Crippen LogP contribution in [-0.2, 0) is 10.0 Å². The van der Waals surface area contributed by atoms with Gasteiger partial charge in [-0.3, -0.25) is 0 Å². The van der Waals surface area contributed by atoms with Crippen LogP contribution in [0, 0.1) is 13.8 Å². The molecular formula is C13H22N2O2S. The van der Waals surface area contributed by atoms with E-state index < -0.39 is 10.0 Å². The monoisotopic (exact) mass is 270 g/mol. The number of nitrogens with two attached hydrogens (primary N) is 1. The fourth-order valence-corrected chi connectivity index (χ4v) is 3.50. The summed E-state index contributed by atoms with van der Waals surface area (Å²) in [7, 11) is -1.82. The molecule has 0 aliphatic rings. The topological polar surface area (TPSA) is 63.4 Å². The van der Waals surface area contributed by atoms with Crippen molar-refractivity contribution in [3.05, 3.63) is 29.3 Å². The fourth-order valence-electron chi connectivity index (χ4n) is 1.90. The molecule has 0 saturated carbocycles. The van der Waals surface area contributed by atoms with Crippen molar-refractivity contribution < 1.29 is 8.42 Å². The lowest BCUT2D eigenvalue weighted by Gasteiger charge is -2.24. The zero-order chi connectivity index (χ0) is 13.9. The Balaban J connectivity index is 3.13. The van der Waals surface area contributed by atoms with Crippen LogP contribution in [0.25, 0.3) is 0 Å². The molecule has 2 N–H and O–H groups in total. The lowest BCUT2D eigenvalue weighted by molar-refractivity contribution is 0.374. The number of hydrogen-bond donors (Lipinski definition) is 1. The molecule has 0 aliphatic carbocycles. The SMILES string of the molecule is Cc1ccc(S(=O)(=O)N(C)C(C)CCN)c(C)c1. The highest BCUT2D eigenvalue weighted by Gasteiger charge is 2.26. The fraction of sp³-hybridized carbons (Fsp3) is 0.538. The molecule has 5 heteroatoms. The predicted molar refractivity (Wildman–Crippen MR) is 74.0 cm³/mol. The van der Waals surface area contributed by atoms with E-state index in [0.717, 1.165) is 11.1 Å². The van der Waals surface area contributed by atoms with Gasteiger partial charge < -0.3 is 5.73 Å². The minimum Gasteiger partial charge on any atom is -0.330 e. The number of sulfonamides is 1. The van der Waals surface area contributed by atoms with Crippen LogP contribution >= 0.6 is 0 Å². The Labute approximate surface area is 110 Å². The summed E-state index contributed by atoms with van der Waals surface area (Å²) < 4.78 is 26.3. The molecule has 4 nitrogen and oxygen atoms in total. The van der Waals surface area contributed by atoms with Crippen LogP contribution in [0.1, 0.15) is 24.5 Å². The summed E-state index contributed by atoms with van der Waals surface area (Å²) in [5.41, 5.74) is 7.32. The van der Waals surface area contributed by atoms with E-state index in [1.807, 2.05) is 32.9 Å². The Morgan fingerprint density at radius 2 is 1.94 bits per heavy atom. The van der Waals surface area contributed by atoms with Gasteiger partial charge in [0.2, 0.25) is 10.0 Å². The molecule has 0 aromatic heterocycles. The molecule has 1 unspecified atom stereocenters. The first-order valence-corrected chi connectivity index (χ1v) is 7.50. The molecule has 0 radical (unpaired) electrons. The Bertz CT molecular complexity index is 512. The number of nitrogens with zero attached hydrogens (tertiary/aromatic N) is 1. The Kier molecular flexibility index (Phi) is 4.90. The van der Waals surface area contributed by atoms with E-state index in [0.29, 0.717) is 17.9 Å². The van der Waals surface area contributed by atoms with Gasteiger partial charge in [0.15, 0.2) is 0 Å². The third-order valence-electron chi connectivity index (χ3n) is 3.19. The van der Waals surface area contributed by atoms with Crippen molar-refractivity contribution in [1.29, 1.82) is 0 Å². The first kappa shape index (κ1) is 15.1. The number of benzene rings is 1. The molecule has 0 heterocycles. The van der Waals surface area contributed by atoms with Crippen LogP contribution in [-0.4, -0.2) is 32.4 Å². The van der Waals surface area contributed by atoms with Gasteiger partial charge in [-0.1, -0.05) is 17.7 Å². The van der Waals surface area contributed by atoms with Gasteiger partial charge in [-0.15, -0.1) is 0 Å². The molecule has 0 saturated heterocycles. The van der Waals surface area contributed by atoms with Crippen LogP contribution in [0.5, 0.6) is 0 Å². The normalized spacial score (nSPS) is 13.9. The minimum absolute atomic E-state index is 0.0966. The van der Waals surface area contributed by atoms with Gasteiger partial charge in [-0.25, -0.2) is 8.42 Å². The molecule has 102 valence electrons. The van der Waals surface area contributed by atoms with E-state index in [4.69, 9.17) is 5.73 Å². The average molecular weight is 270 g/mol. The largest absolute Gasteiger partial charge is 0.330 e. The van der Waals surface area contributed by atoms with E-state index in [-0.39, 0.29) is 6.04 Å². The quantitative estimate of drug-likeness (QED) is 0.885. The van der Waals surface area contributed by atoms with Crippen LogP contribution in [0.2, 0.25) is 0 Å². The number of rotatable bonds is 5. The third kappa shape index (κ3) is 3.10. The molecular weight excluding hydrogens is 248 g/mol. The van der Waals surface area contributed by atoms with Gasteiger partial charge in [0.1, 0.15) is 0 Å². The molecule has 18 heavy (non-hydrogen) atoms. The molecule has 1 atom stereocenters. The van der Waals surface area contributed by atoms with Gasteiger partial charge in [0, 0.05) is 13.1 Å². The zero-order valence-electron chi connectivity index (χ0n) is 11.5. The smallest absolute Gasteiger partial charge is 0.243 e. The Morgan fingerprint density at radius 1 is 1.33 bits per heavy atom. The average Bonchev–Trinajstić information content (AvgIpc) is 2.27. The summed E-state index contributed by atoms with van der Waals surface area (Å²) in [5, 5.41) is 0. The maximum absolute atomic E-state index is 12.5. The standard InChI is InChI=1S/C13H22N2O2S/c1-10-5-6-13(11(2)9-10)18(16,17)15(4)12(3)7-8-14/h5-6,9,12H,7-8,14H2,1-4H3. The highest BCUT2D eigenvalue weighted by atomic mass is 32.2. The second-order valence-corrected chi connectivity index (χ2v) is 6.68. The lowest BCUT2D eigenvalue weighted by Crippen LogP contribution is -2.36. The minimum atomic E-state index is -3.43. The van der Waals surface area contributed by atoms with Gasteiger partial charge in [-0.05, 0) is 45.4 Å². The van der Waals surface area contributed by atoms with Gasteiger partial charge in [-0.2, -0.15) is 4.31 Å². The van der Waals surface area contributed by atoms with Crippen molar-refractivity contribution >= 4 is 10.0 Å². The van der Waals surface area contributed by atoms with Crippen molar-refractivity contribution in [3.63, 3.8) is 0 Å². The number of aryl methyl sites for hydroxylation is 2. The third-order valence-corrected chi connectivity index (χ3v) is 5.32. The van der Waals surface area contributed by atoms with Crippen molar-refractivity contribution in [2.24, 2.45) is 5.73 Å². The van der Waals surface area contributed by atoms with E-state index in [2.05, 4.69) is 0 Å². The van der Waals surface area contributed by atoms with Crippen LogP contribution in [0.15, 0.2) is 23.1 Å². The molecule has 0 bridgehead atoms. The van der Waals surface area contributed by atoms with E-state index in [9.17, 15) is 8.42 Å². The first-order valence-electron chi connectivity index (χ1n) is 6.06. The van der Waals surface area contributed by atoms with Gasteiger partial charge >= 0.3 is 0 Å². The molecule has 0 amide bonds. The van der Waals surface area contributed by atoms with Crippen LogP contribution < -0.4 is 5.73 Å². The molecule has 1 aromatic rings. The molecule has 1 rings (SSSR count). The van der Waals surface area contributed by atoms with E-state index in [1.165, 1.54) is 4.31 Å². The first-order chi connectivity index (χ1) is 8.30. The maximum Gasteiger partial charge on any atom is 0.243 e. The van der Waals surface area contributed by atoms with E-state index >= 15 is 0 Å². The highest BCUT2D eigenvalue weighted by Crippen LogP contribution is 2.22. The van der Waals surface area contributed by atoms with Crippen molar-refractivity contribution in [2.45, 2.75) is 38.1 Å². The van der Waals surface area contributed by atoms with Gasteiger partial charge in [0.05, 0.1) is 4.90 Å². The highest BCUT2D eigenvalue weighted by molar-refractivity contribution is 7.89. The second kappa shape index (κ2) is 5.82. The summed E-state index contributed by atoms with van der Waals surface area (Å²) >= 11 is 0. The summed E-state index contributed by atoms with van der Waals surface area (Å²) in [6, 6.07) is 5.28. The van der Waals surface area contributed by atoms with Crippen molar-refractivity contribution in [3.8, 4) is 0 Å². The predicted octanol–water partition coefficient (Wildman–Crippen LogP) is 1.66. The van der Waals surface area contributed by atoms with E-state index in [1.54, 1.807) is 13.1 Å². The number of hydrogen-bond acceptors (Lipinski definition) is 3. The maximum atomic E-state index is 12.5. The summed E-state index contributed by atoms with van der Waals surface area (Å²) in [6.07, 6.45) is 0.653. The van der Waals surface area contributed by atoms with Gasteiger partial charge in [0.25, 0.3) is 0 Å². The molecule has 1 aromatic carbocycles. The second-order valence-electron chi connectivity index (χ2n) is 4.72.